The minimum atomic E-state index is -1.80. The Morgan fingerprint density at radius 3 is 1.05 bits per heavy atom. The Hall–Kier alpha value is 0.194. The first kappa shape index (κ1) is 22.5. The maximum absolute atomic E-state index is 5.36. The maximum atomic E-state index is 5.36. The van der Waals surface area contributed by atoms with Crippen molar-refractivity contribution in [2.24, 2.45) is 11.5 Å². The van der Waals surface area contributed by atoms with Gasteiger partial charge in [0.2, 0.25) is 0 Å². The molecule has 0 aromatic carbocycles. The van der Waals surface area contributed by atoms with Gasteiger partial charge in [0.25, 0.3) is 0 Å². The van der Waals surface area contributed by atoms with Gasteiger partial charge in [0.15, 0.2) is 0 Å². The molecule has 0 rings (SSSR count). The van der Waals surface area contributed by atoms with Crippen LogP contribution in [0, 0.1) is 0 Å². The van der Waals surface area contributed by atoms with E-state index in [-0.39, 0.29) is 0 Å². The fourth-order valence-electron chi connectivity index (χ4n) is 1.42. The smallest absolute Gasteiger partial charge is 0.334 e. The second-order valence-corrected chi connectivity index (χ2v) is 12.0. The van der Waals surface area contributed by atoms with Crippen LogP contribution in [0.1, 0.15) is 12.8 Å². The van der Waals surface area contributed by atoms with E-state index in [1.165, 1.54) is 0 Å². The molecule has 0 aromatic rings. The first-order chi connectivity index (χ1) is 9.36. The molecule has 0 saturated carbocycles. The highest BCUT2D eigenvalue weighted by Crippen LogP contribution is 2.12. The van der Waals surface area contributed by atoms with Crippen LogP contribution in [0.15, 0.2) is 0 Å². The molecule has 6 nitrogen and oxygen atoms in total. The van der Waals surface area contributed by atoms with Crippen LogP contribution in [0.4, 0.5) is 0 Å². The molecule has 0 spiro atoms. The van der Waals surface area contributed by atoms with Crippen LogP contribution in [0.5, 0.6) is 0 Å². The minimum absolute atomic E-state index is 0.718. The Kier molecular flexibility index (Phi) is 14.5. The molecule has 0 saturated heterocycles. The molecule has 0 heterocycles. The molecule has 8 heteroatoms. The Bertz CT molecular complexity index is 194. The van der Waals surface area contributed by atoms with Gasteiger partial charge in [0, 0.05) is 28.4 Å². The van der Waals surface area contributed by atoms with E-state index < -0.39 is 17.1 Å². The van der Waals surface area contributed by atoms with Crippen molar-refractivity contribution in [1.82, 2.24) is 0 Å². The zero-order valence-corrected chi connectivity index (χ0v) is 16.0. The van der Waals surface area contributed by atoms with Crippen molar-refractivity contribution in [2.75, 3.05) is 41.5 Å². The maximum Gasteiger partial charge on any atom is 0.334 e. The fraction of sp³-hybridized carbons (Fsp3) is 1.00. The average molecular weight is 327 g/mol. The van der Waals surface area contributed by atoms with Crippen molar-refractivity contribution < 1.29 is 17.7 Å². The molecule has 124 valence electrons. The summed E-state index contributed by atoms with van der Waals surface area (Å²) >= 11 is 0. The SMILES string of the molecule is CO[Si](C)(CCCN)OC.CO[Si](C)(CCCN)OC. The summed E-state index contributed by atoms with van der Waals surface area (Å²) in [5.74, 6) is 0. The molecule has 0 aliphatic carbocycles. The summed E-state index contributed by atoms with van der Waals surface area (Å²) in [6, 6.07) is 1.97. The molecule has 0 aromatic heterocycles. The van der Waals surface area contributed by atoms with E-state index in [2.05, 4.69) is 0 Å². The zero-order valence-electron chi connectivity index (χ0n) is 14.0. The summed E-state index contributed by atoms with van der Waals surface area (Å²) in [7, 11) is 3.21. The lowest BCUT2D eigenvalue weighted by atomic mass is 10.5. The van der Waals surface area contributed by atoms with E-state index in [1.807, 2.05) is 13.1 Å². The largest absolute Gasteiger partial charge is 0.398 e. The zero-order chi connectivity index (χ0) is 16.1. The second kappa shape index (κ2) is 12.9. The highest BCUT2D eigenvalue weighted by atomic mass is 28.4. The van der Waals surface area contributed by atoms with E-state index in [0.717, 1.165) is 38.0 Å². The van der Waals surface area contributed by atoms with Gasteiger partial charge in [-0.25, -0.2) is 0 Å². The molecule has 0 aliphatic rings. The van der Waals surface area contributed by atoms with Gasteiger partial charge in [-0.2, -0.15) is 0 Å². The number of hydrogen-bond donors (Lipinski definition) is 2. The minimum Gasteiger partial charge on any atom is -0.398 e. The summed E-state index contributed by atoms with van der Waals surface area (Å²) in [6.07, 6.45) is 1.98. The lowest BCUT2D eigenvalue weighted by Crippen LogP contribution is -2.36. The molecule has 0 unspecified atom stereocenters. The Balaban J connectivity index is 0. The molecule has 4 N–H and O–H groups in total. The molecular formula is C12H34N2O4Si2. The highest BCUT2D eigenvalue weighted by molar-refractivity contribution is 6.66. The summed E-state index contributed by atoms with van der Waals surface area (Å²) in [6.45, 7) is 5.52. The first-order valence-corrected chi connectivity index (χ1v) is 12.0. The van der Waals surface area contributed by atoms with Gasteiger partial charge in [-0.3, -0.25) is 0 Å². The Morgan fingerprint density at radius 2 is 0.900 bits per heavy atom. The van der Waals surface area contributed by atoms with Crippen LogP contribution >= 0.6 is 0 Å². The fourth-order valence-corrected chi connectivity index (χ4v) is 4.26. The summed E-state index contributed by atoms with van der Waals surface area (Å²) in [4.78, 5) is 0. The molecule has 0 bridgehead atoms. The quantitative estimate of drug-likeness (QED) is 0.590. The van der Waals surface area contributed by atoms with Crippen LogP contribution in [0.2, 0.25) is 25.2 Å². The van der Waals surface area contributed by atoms with Gasteiger partial charge < -0.3 is 29.2 Å². The summed E-state index contributed by atoms with van der Waals surface area (Å²) < 4.78 is 21.0. The van der Waals surface area contributed by atoms with Crippen molar-refractivity contribution >= 4 is 17.1 Å². The van der Waals surface area contributed by atoms with Gasteiger partial charge in [-0.1, -0.05) is 0 Å². The highest BCUT2D eigenvalue weighted by Gasteiger charge is 2.27. The standard InChI is InChI=1S/2C6H17NO2Si/c2*1-8-10(3,9-2)6-4-5-7/h2*4-7H2,1-3H3. The number of nitrogens with two attached hydrogens (primary N) is 2. The summed E-state index contributed by atoms with van der Waals surface area (Å²) in [5, 5.41) is 0. The van der Waals surface area contributed by atoms with Crippen molar-refractivity contribution in [3.05, 3.63) is 0 Å². The van der Waals surface area contributed by atoms with E-state index >= 15 is 0 Å². The molecule has 0 radical (unpaired) electrons. The van der Waals surface area contributed by atoms with Crippen molar-refractivity contribution in [1.29, 1.82) is 0 Å². The number of rotatable bonds is 10. The molecule has 0 amide bonds. The van der Waals surface area contributed by atoms with Crippen molar-refractivity contribution in [3.63, 3.8) is 0 Å². The van der Waals surface area contributed by atoms with Gasteiger partial charge in [-0.15, -0.1) is 0 Å². The monoisotopic (exact) mass is 326 g/mol. The van der Waals surface area contributed by atoms with Crippen LogP contribution in [-0.2, 0) is 17.7 Å². The van der Waals surface area contributed by atoms with Crippen molar-refractivity contribution in [2.45, 2.75) is 38.0 Å². The predicted octanol–water partition coefficient (Wildman–Crippen LogP) is 1.40. The van der Waals surface area contributed by atoms with Gasteiger partial charge in [-0.05, 0) is 51.1 Å². The molecule has 0 atom stereocenters. The Morgan fingerprint density at radius 1 is 0.650 bits per heavy atom. The first-order valence-electron chi connectivity index (χ1n) is 6.97. The third kappa shape index (κ3) is 10.9. The third-order valence-electron chi connectivity index (χ3n) is 3.40. The third-order valence-corrected chi connectivity index (χ3v) is 9.38. The second-order valence-electron chi connectivity index (χ2n) is 4.87. The molecular weight excluding hydrogens is 292 g/mol. The van der Waals surface area contributed by atoms with Crippen LogP contribution < -0.4 is 11.5 Å². The van der Waals surface area contributed by atoms with Crippen LogP contribution in [-0.4, -0.2) is 58.7 Å². The predicted molar refractivity (Wildman–Crippen MR) is 88.2 cm³/mol. The summed E-state index contributed by atoms with van der Waals surface area (Å²) in [5.41, 5.74) is 10.7. The topological polar surface area (TPSA) is 89.0 Å². The normalized spacial score (nSPS) is 12.0. The van der Waals surface area contributed by atoms with E-state index in [0.29, 0.717) is 0 Å². The van der Waals surface area contributed by atoms with E-state index in [9.17, 15) is 0 Å². The lowest BCUT2D eigenvalue weighted by Gasteiger charge is -2.21. The Labute approximate surface area is 126 Å². The molecule has 20 heavy (non-hydrogen) atoms. The van der Waals surface area contributed by atoms with Crippen molar-refractivity contribution in [3.8, 4) is 0 Å². The molecule has 0 aliphatic heterocycles. The van der Waals surface area contributed by atoms with Gasteiger partial charge in [0.05, 0.1) is 0 Å². The van der Waals surface area contributed by atoms with Crippen LogP contribution in [0.3, 0.4) is 0 Å². The van der Waals surface area contributed by atoms with E-state index in [1.54, 1.807) is 28.4 Å². The average Bonchev–Trinajstić information content (AvgIpc) is 2.50. The van der Waals surface area contributed by atoms with Crippen LogP contribution in [0.25, 0.3) is 0 Å². The number of hydrogen-bond acceptors (Lipinski definition) is 6. The molecule has 0 fully saturated rings. The lowest BCUT2D eigenvalue weighted by molar-refractivity contribution is 0.248. The van der Waals surface area contributed by atoms with E-state index in [4.69, 9.17) is 29.2 Å². The van der Waals surface area contributed by atoms with Gasteiger partial charge >= 0.3 is 17.1 Å². The van der Waals surface area contributed by atoms with Gasteiger partial charge in [0.1, 0.15) is 0 Å².